The average molecular weight is 899 g/mol. The number of carbonyl (C=O) groups excluding carboxylic acids is 3. The van der Waals surface area contributed by atoms with Crippen molar-refractivity contribution in [2.45, 2.75) is 303 Å². The van der Waals surface area contributed by atoms with Crippen molar-refractivity contribution in [3.63, 3.8) is 0 Å². The van der Waals surface area contributed by atoms with E-state index in [1.54, 1.807) is 0 Å². The molecule has 1 atom stereocenters. The summed E-state index contributed by atoms with van der Waals surface area (Å²) in [7, 11) is 0. The van der Waals surface area contributed by atoms with Gasteiger partial charge in [-0.1, -0.05) is 218 Å². The van der Waals surface area contributed by atoms with Crippen LogP contribution in [-0.4, -0.2) is 37.2 Å². The Balaban J connectivity index is 4.37. The minimum Gasteiger partial charge on any atom is -0.462 e. The fourth-order valence-corrected chi connectivity index (χ4v) is 8.07. The molecule has 0 aliphatic carbocycles. The van der Waals surface area contributed by atoms with Gasteiger partial charge in [0.15, 0.2) is 6.10 Å². The van der Waals surface area contributed by atoms with Crippen molar-refractivity contribution in [2.24, 2.45) is 0 Å². The quantitative estimate of drug-likeness (QED) is 0.0262. The van der Waals surface area contributed by atoms with Crippen molar-refractivity contribution >= 4 is 17.9 Å². The largest absolute Gasteiger partial charge is 0.462 e. The van der Waals surface area contributed by atoms with Crippen molar-refractivity contribution in [1.82, 2.24) is 0 Å². The zero-order chi connectivity index (χ0) is 46.5. The maximum Gasteiger partial charge on any atom is 0.306 e. The molecule has 0 rings (SSSR count). The molecule has 6 nitrogen and oxygen atoms in total. The van der Waals surface area contributed by atoms with Gasteiger partial charge in [-0.2, -0.15) is 0 Å². The van der Waals surface area contributed by atoms with Crippen molar-refractivity contribution in [2.75, 3.05) is 13.2 Å². The third-order valence-corrected chi connectivity index (χ3v) is 12.3. The highest BCUT2D eigenvalue weighted by Gasteiger charge is 2.19. The van der Waals surface area contributed by atoms with Crippen molar-refractivity contribution in [1.29, 1.82) is 0 Å². The van der Waals surface area contributed by atoms with Crippen LogP contribution >= 0.6 is 0 Å². The fourth-order valence-electron chi connectivity index (χ4n) is 8.07. The van der Waals surface area contributed by atoms with E-state index >= 15 is 0 Å². The van der Waals surface area contributed by atoms with Gasteiger partial charge in [0, 0.05) is 19.3 Å². The SMILES string of the molecule is CCCCCC/C=C\CCCCCCCCCC(=O)OCC(COC(=O)CCCCCCC/C=C\CCCCCCCCC)OC(=O)CCCCCCCCC/C=C\CCCCCC. The second-order valence-corrected chi connectivity index (χ2v) is 18.8. The normalized spacial score (nSPS) is 12.2. The summed E-state index contributed by atoms with van der Waals surface area (Å²) >= 11 is 0. The lowest BCUT2D eigenvalue weighted by Crippen LogP contribution is -2.30. The topological polar surface area (TPSA) is 78.9 Å². The molecule has 0 bridgehead atoms. The van der Waals surface area contributed by atoms with Crippen molar-refractivity contribution in [3.05, 3.63) is 36.5 Å². The van der Waals surface area contributed by atoms with Crippen LogP contribution in [0.25, 0.3) is 0 Å². The minimum atomic E-state index is -0.777. The van der Waals surface area contributed by atoms with Gasteiger partial charge in [-0.15, -0.1) is 0 Å². The van der Waals surface area contributed by atoms with E-state index in [4.69, 9.17) is 14.2 Å². The molecule has 374 valence electrons. The first-order valence-electron chi connectivity index (χ1n) is 28.0. The molecule has 0 N–H and O–H groups in total. The van der Waals surface area contributed by atoms with Crippen LogP contribution in [0.3, 0.4) is 0 Å². The minimum absolute atomic E-state index is 0.0768. The summed E-state index contributed by atoms with van der Waals surface area (Å²) in [6.07, 6.45) is 62.7. The molecule has 0 spiro atoms. The van der Waals surface area contributed by atoms with E-state index in [0.717, 1.165) is 64.2 Å². The molecule has 64 heavy (non-hydrogen) atoms. The number of hydrogen-bond acceptors (Lipinski definition) is 6. The molecule has 0 heterocycles. The lowest BCUT2D eigenvalue weighted by atomic mass is 10.1. The van der Waals surface area contributed by atoms with Gasteiger partial charge in [0.2, 0.25) is 0 Å². The first-order valence-corrected chi connectivity index (χ1v) is 28.0. The number of allylic oxidation sites excluding steroid dienone is 6. The molecule has 0 aromatic heterocycles. The molecule has 0 aromatic rings. The molecule has 0 saturated heterocycles. The summed E-state index contributed by atoms with van der Waals surface area (Å²) in [6.45, 7) is 6.63. The Morgan fingerprint density at radius 2 is 0.516 bits per heavy atom. The summed E-state index contributed by atoms with van der Waals surface area (Å²) in [6, 6.07) is 0. The van der Waals surface area contributed by atoms with E-state index in [1.165, 1.54) is 193 Å². The Morgan fingerprint density at radius 1 is 0.297 bits per heavy atom. The summed E-state index contributed by atoms with van der Waals surface area (Å²) in [5, 5.41) is 0. The molecule has 0 aliphatic rings. The number of ether oxygens (including phenoxy) is 3. The maximum absolute atomic E-state index is 12.8. The smallest absolute Gasteiger partial charge is 0.306 e. The summed E-state index contributed by atoms with van der Waals surface area (Å²) in [5.74, 6) is -0.881. The Labute approximate surface area is 397 Å². The Bertz CT molecular complexity index is 1080. The third-order valence-electron chi connectivity index (χ3n) is 12.3. The van der Waals surface area contributed by atoms with Crippen LogP contribution in [-0.2, 0) is 28.6 Å². The van der Waals surface area contributed by atoms with Gasteiger partial charge in [0.25, 0.3) is 0 Å². The van der Waals surface area contributed by atoms with Gasteiger partial charge in [-0.25, -0.2) is 0 Å². The molecule has 0 radical (unpaired) electrons. The van der Waals surface area contributed by atoms with Gasteiger partial charge in [0.05, 0.1) is 0 Å². The first-order chi connectivity index (χ1) is 31.5. The molecule has 1 unspecified atom stereocenters. The van der Waals surface area contributed by atoms with E-state index in [2.05, 4.69) is 57.2 Å². The highest BCUT2D eigenvalue weighted by molar-refractivity contribution is 5.71. The Kier molecular flexibility index (Phi) is 51.3. The van der Waals surface area contributed by atoms with Crippen LogP contribution in [0, 0.1) is 0 Å². The van der Waals surface area contributed by atoms with Crippen LogP contribution in [0.1, 0.15) is 297 Å². The number of rotatable bonds is 51. The number of esters is 3. The lowest BCUT2D eigenvalue weighted by Gasteiger charge is -2.18. The van der Waals surface area contributed by atoms with Gasteiger partial charge < -0.3 is 14.2 Å². The lowest BCUT2D eigenvalue weighted by molar-refractivity contribution is -0.167. The number of carbonyl (C=O) groups is 3. The molecular formula is C58H106O6. The van der Waals surface area contributed by atoms with Gasteiger partial charge in [0.1, 0.15) is 13.2 Å². The van der Waals surface area contributed by atoms with Gasteiger partial charge in [-0.3, -0.25) is 14.4 Å². The molecular weight excluding hydrogens is 793 g/mol. The van der Waals surface area contributed by atoms with Crippen LogP contribution in [0.15, 0.2) is 36.5 Å². The van der Waals surface area contributed by atoms with E-state index in [0.29, 0.717) is 19.3 Å². The molecule has 0 fully saturated rings. The number of hydrogen-bond donors (Lipinski definition) is 0. The predicted molar refractivity (Wildman–Crippen MR) is 275 cm³/mol. The summed E-state index contributed by atoms with van der Waals surface area (Å²) in [4.78, 5) is 38.1. The molecule has 0 amide bonds. The predicted octanol–water partition coefficient (Wildman–Crippen LogP) is 18.5. The second-order valence-electron chi connectivity index (χ2n) is 18.8. The van der Waals surface area contributed by atoms with E-state index in [1.807, 2.05) is 0 Å². The average Bonchev–Trinajstić information content (AvgIpc) is 3.29. The van der Waals surface area contributed by atoms with Crippen LogP contribution in [0.5, 0.6) is 0 Å². The molecule has 0 saturated carbocycles. The monoisotopic (exact) mass is 899 g/mol. The molecule has 0 aliphatic heterocycles. The highest BCUT2D eigenvalue weighted by Crippen LogP contribution is 2.15. The maximum atomic E-state index is 12.8. The third kappa shape index (κ3) is 50.6. The first kappa shape index (κ1) is 61.6. The van der Waals surface area contributed by atoms with Gasteiger partial charge >= 0.3 is 17.9 Å². The zero-order valence-electron chi connectivity index (χ0n) is 42.8. The number of unbranched alkanes of at least 4 members (excludes halogenated alkanes) is 34. The van der Waals surface area contributed by atoms with E-state index in [-0.39, 0.29) is 31.1 Å². The zero-order valence-corrected chi connectivity index (χ0v) is 42.8. The summed E-state index contributed by atoms with van der Waals surface area (Å²) in [5.41, 5.74) is 0. The fraction of sp³-hybridized carbons (Fsp3) is 0.845. The Morgan fingerprint density at radius 3 is 0.797 bits per heavy atom. The van der Waals surface area contributed by atoms with Crippen molar-refractivity contribution < 1.29 is 28.6 Å². The van der Waals surface area contributed by atoms with Crippen LogP contribution in [0.4, 0.5) is 0 Å². The van der Waals surface area contributed by atoms with E-state index in [9.17, 15) is 14.4 Å². The van der Waals surface area contributed by atoms with E-state index < -0.39 is 6.10 Å². The van der Waals surface area contributed by atoms with Crippen LogP contribution < -0.4 is 0 Å². The highest BCUT2D eigenvalue weighted by atomic mass is 16.6. The van der Waals surface area contributed by atoms with Crippen molar-refractivity contribution in [3.8, 4) is 0 Å². The summed E-state index contributed by atoms with van der Waals surface area (Å²) < 4.78 is 16.8. The molecule has 0 aromatic carbocycles. The second kappa shape index (κ2) is 53.2. The van der Waals surface area contributed by atoms with Crippen LogP contribution in [0.2, 0.25) is 0 Å². The van der Waals surface area contributed by atoms with Gasteiger partial charge in [-0.05, 0) is 96.3 Å². The Hall–Kier alpha value is -2.37. The molecule has 6 heteroatoms. The standard InChI is InChI=1S/C58H106O6/c1-4-7-10-13-16-19-22-25-28-31-33-36-39-42-45-48-51-57(60)63-54-55(64-58(61)52-49-46-43-40-37-34-30-27-24-21-18-15-12-9-6-3)53-62-56(59)50-47-44-41-38-35-32-29-26-23-20-17-14-11-8-5-2/h20-21,23-24,28,31,55H,4-19,22,25-27,29-30,32-54H2,1-3H3/b23-20-,24-21-,31-28-.